The molecular formula is C75H136O6. The molecule has 0 aliphatic carbocycles. The van der Waals surface area contributed by atoms with Crippen LogP contribution in [0.15, 0.2) is 60.8 Å². The summed E-state index contributed by atoms with van der Waals surface area (Å²) in [6.07, 6.45) is 89.7. The highest BCUT2D eigenvalue weighted by Crippen LogP contribution is 2.19. The molecule has 6 nitrogen and oxygen atoms in total. The van der Waals surface area contributed by atoms with E-state index in [1.165, 1.54) is 244 Å². The third kappa shape index (κ3) is 67.8. The number of rotatable bonds is 66. The van der Waals surface area contributed by atoms with Gasteiger partial charge in [0.1, 0.15) is 13.2 Å². The topological polar surface area (TPSA) is 78.9 Å². The highest BCUT2D eigenvalue weighted by molar-refractivity contribution is 5.71. The average molecular weight is 1130 g/mol. The van der Waals surface area contributed by atoms with Crippen molar-refractivity contribution in [3.8, 4) is 0 Å². The predicted octanol–water partition coefficient (Wildman–Crippen LogP) is 24.7. The largest absolute Gasteiger partial charge is 0.462 e. The minimum atomic E-state index is -0.791. The minimum Gasteiger partial charge on any atom is -0.462 e. The SMILES string of the molecule is CC/C=C\C/C=C\C/C=C\C/C=C\C/C=C\CCCCCC(=O)OC(COC(=O)CCCCCCCCCCCCCCCCCCCCC)COC(=O)CCCCCCCCCCCCCCCCCCCCCCCCCCC. The Hall–Kier alpha value is -2.89. The number of carbonyl (C=O) groups excluding carboxylic acids is 3. The van der Waals surface area contributed by atoms with Gasteiger partial charge in [-0.1, -0.05) is 358 Å². The molecule has 0 bridgehead atoms. The van der Waals surface area contributed by atoms with Gasteiger partial charge in [-0.2, -0.15) is 0 Å². The third-order valence-electron chi connectivity index (χ3n) is 16.0. The van der Waals surface area contributed by atoms with Gasteiger partial charge in [0, 0.05) is 19.3 Å². The van der Waals surface area contributed by atoms with Crippen molar-refractivity contribution in [2.24, 2.45) is 0 Å². The fraction of sp³-hybridized carbons (Fsp3) is 0.827. The predicted molar refractivity (Wildman–Crippen MR) is 353 cm³/mol. The number of allylic oxidation sites excluding steroid dienone is 10. The fourth-order valence-electron chi connectivity index (χ4n) is 10.7. The van der Waals surface area contributed by atoms with Gasteiger partial charge in [-0.05, 0) is 64.2 Å². The fourth-order valence-corrected chi connectivity index (χ4v) is 10.7. The Kier molecular flexibility index (Phi) is 67.1. The Balaban J connectivity index is 4.33. The summed E-state index contributed by atoms with van der Waals surface area (Å²) in [4.78, 5) is 38.5. The number of unbranched alkanes of at least 4 members (excludes halogenated alkanes) is 45. The summed E-state index contributed by atoms with van der Waals surface area (Å²) < 4.78 is 17.0. The van der Waals surface area contributed by atoms with Crippen molar-refractivity contribution >= 4 is 17.9 Å². The summed E-state index contributed by atoms with van der Waals surface area (Å²) in [6.45, 7) is 6.58. The highest BCUT2D eigenvalue weighted by atomic mass is 16.6. The van der Waals surface area contributed by atoms with E-state index in [9.17, 15) is 14.4 Å². The van der Waals surface area contributed by atoms with E-state index in [-0.39, 0.29) is 31.1 Å². The molecule has 0 aromatic heterocycles. The molecule has 0 rings (SSSR count). The van der Waals surface area contributed by atoms with E-state index in [4.69, 9.17) is 14.2 Å². The summed E-state index contributed by atoms with van der Waals surface area (Å²) in [5, 5.41) is 0. The first-order chi connectivity index (χ1) is 40.0. The quantitative estimate of drug-likeness (QED) is 0.0261. The van der Waals surface area contributed by atoms with Gasteiger partial charge in [0.25, 0.3) is 0 Å². The van der Waals surface area contributed by atoms with Crippen LogP contribution in [0.25, 0.3) is 0 Å². The molecule has 1 unspecified atom stereocenters. The van der Waals surface area contributed by atoms with Gasteiger partial charge in [0.05, 0.1) is 0 Å². The second-order valence-electron chi connectivity index (χ2n) is 24.1. The van der Waals surface area contributed by atoms with E-state index in [1.54, 1.807) is 0 Å². The molecule has 0 spiro atoms. The van der Waals surface area contributed by atoms with Gasteiger partial charge in [0.15, 0.2) is 6.10 Å². The zero-order valence-corrected chi connectivity index (χ0v) is 54.3. The Bertz CT molecular complexity index is 1440. The van der Waals surface area contributed by atoms with Crippen LogP contribution in [0.1, 0.15) is 380 Å². The van der Waals surface area contributed by atoms with Gasteiger partial charge in [-0.15, -0.1) is 0 Å². The lowest BCUT2D eigenvalue weighted by atomic mass is 10.0. The van der Waals surface area contributed by atoms with E-state index < -0.39 is 6.10 Å². The van der Waals surface area contributed by atoms with Crippen LogP contribution in [0.3, 0.4) is 0 Å². The summed E-state index contributed by atoms with van der Waals surface area (Å²) in [7, 11) is 0. The van der Waals surface area contributed by atoms with E-state index in [2.05, 4.69) is 81.5 Å². The van der Waals surface area contributed by atoms with Crippen LogP contribution in [0, 0.1) is 0 Å². The van der Waals surface area contributed by atoms with Crippen molar-refractivity contribution in [3.05, 3.63) is 60.8 Å². The van der Waals surface area contributed by atoms with Gasteiger partial charge in [-0.25, -0.2) is 0 Å². The second-order valence-corrected chi connectivity index (χ2v) is 24.1. The second kappa shape index (κ2) is 69.6. The van der Waals surface area contributed by atoms with E-state index in [0.29, 0.717) is 19.3 Å². The molecule has 0 aliphatic rings. The lowest BCUT2D eigenvalue weighted by Crippen LogP contribution is -2.30. The van der Waals surface area contributed by atoms with Crippen molar-refractivity contribution in [1.82, 2.24) is 0 Å². The van der Waals surface area contributed by atoms with Crippen LogP contribution < -0.4 is 0 Å². The molecule has 0 saturated heterocycles. The van der Waals surface area contributed by atoms with E-state index in [1.807, 2.05) is 0 Å². The van der Waals surface area contributed by atoms with Crippen molar-refractivity contribution in [3.63, 3.8) is 0 Å². The van der Waals surface area contributed by atoms with Crippen molar-refractivity contribution in [2.75, 3.05) is 13.2 Å². The highest BCUT2D eigenvalue weighted by Gasteiger charge is 2.19. The molecule has 81 heavy (non-hydrogen) atoms. The molecular weight excluding hydrogens is 997 g/mol. The lowest BCUT2D eigenvalue weighted by molar-refractivity contribution is -0.167. The molecule has 0 N–H and O–H groups in total. The monoisotopic (exact) mass is 1130 g/mol. The molecule has 0 aliphatic heterocycles. The van der Waals surface area contributed by atoms with Gasteiger partial charge >= 0.3 is 17.9 Å². The smallest absolute Gasteiger partial charge is 0.306 e. The summed E-state index contributed by atoms with van der Waals surface area (Å²) >= 11 is 0. The molecule has 0 amide bonds. The third-order valence-corrected chi connectivity index (χ3v) is 16.0. The standard InChI is InChI=1S/C75H136O6/c1-4-7-10-13-16-19-22-25-28-31-34-35-36-37-38-39-42-44-47-50-53-56-59-62-65-68-74(77)80-71-72(81-75(78)69-66-63-60-57-54-51-48-45-41-33-30-27-24-21-18-15-12-9-6-3)70-79-73(76)67-64-61-58-55-52-49-46-43-40-32-29-26-23-20-17-14-11-8-5-2/h9,12,18,21,27,30,41,45,51,54,72H,4-8,10-11,13-17,19-20,22-26,28-29,31-40,42-44,46-50,52-53,55-71H2,1-3H3/b12-9-,21-18-,30-27-,45-41-,54-51-. The Morgan fingerprint density at radius 3 is 0.753 bits per heavy atom. The van der Waals surface area contributed by atoms with Crippen LogP contribution in [0.5, 0.6) is 0 Å². The molecule has 0 aromatic carbocycles. The first kappa shape index (κ1) is 78.1. The van der Waals surface area contributed by atoms with Crippen LogP contribution in [-0.2, 0) is 28.6 Å². The lowest BCUT2D eigenvalue weighted by Gasteiger charge is -2.18. The number of carbonyl (C=O) groups is 3. The maximum Gasteiger partial charge on any atom is 0.306 e. The van der Waals surface area contributed by atoms with Gasteiger partial charge in [-0.3, -0.25) is 14.4 Å². The van der Waals surface area contributed by atoms with Crippen molar-refractivity contribution in [1.29, 1.82) is 0 Å². The van der Waals surface area contributed by atoms with Gasteiger partial charge in [0.2, 0.25) is 0 Å². The van der Waals surface area contributed by atoms with Crippen molar-refractivity contribution < 1.29 is 28.6 Å². The Labute approximate surface area is 504 Å². The zero-order valence-electron chi connectivity index (χ0n) is 54.3. The molecule has 472 valence electrons. The van der Waals surface area contributed by atoms with Crippen LogP contribution in [-0.4, -0.2) is 37.2 Å². The number of ether oxygens (including phenoxy) is 3. The first-order valence-electron chi connectivity index (χ1n) is 35.8. The molecule has 0 aromatic rings. The maximum absolute atomic E-state index is 12.9. The minimum absolute atomic E-state index is 0.0827. The first-order valence-corrected chi connectivity index (χ1v) is 35.8. The molecule has 6 heteroatoms. The zero-order chi connectivity index (χ0) is 58.5. The van der Waals surface area contributed by atoms with E-state index in [0.717, 1.165) is 96.3 Å². The van der Waals surface area contributed by atoms with Crippen molar-refractivity contribution in [2.45, 2.75) is 386 Å². The number of esters is 3. The summed E-state index contributed by atoms with van der Waals surface area (Å²) in [5.74, 6) is -0.888. The molecule has 0 heterocycles. The summed E-state index contributed by atoms with van der Waals surface area (Å²) in [6, 6.07) is 0. The number of hydrogen-bond acceptors (Lipinski definition) is 6. The molecule has 0 fully saturated rings. The molecule has 0 saturated carbocycles. The van der Waals surface area contributed by atoms with Crippen LogP contribution >= 0.6 is 0 Å². The number of hydrogen-bond donors (Lipinski definition) is 0. The van der Waals surface area contributed by atoms with E-state index >= 15 is 0 Å². The average Bonchev–Trinajstić information content (AvgIpc) is 3.47. The maximum atomic E-state index is 12.9. The van der Waals surface area contributed by atoms with Gasteiger partial charge < -0.3 is 14.2 Å². The Morgan fingerprint density at radius 2 is 0.481 bits per heavy atom. The molecule has 0 radical (unpaired) electrons. The normalized spacial score (nSPS) is 12.4. The summed E-state index contributed by atoms with van der Waals surface area (Å²) in [5.41, 5.74) is 0. The Morgan fingerprint density at radius 1 is 0.259 bits per heavy atom. The van der Waals surface area contributed by atoms with Crippen LogP contribution in [0.2, 0.25) is 0 Å². The van der Waals surface area contributed by atoms with Crippen LogP contribution in [0.4, 0.5) is 0 Å². The molecule has 1 atom stereocenters.